The first-order chi connectivity index (χ1) is 13.5. The van der Waals surface area contributed by atoms with E-state index in [2.05, 4.69) is 5.32 Å². The number of amides is 2. The van der Waals surface area contributed by atoms with Crippen LogP contribution in [0.5, 0.6) is 0 Å². The van der Waals surface area contributed by atoms with Crippen molar-refractivity contribution in [2.75, 3.05) is 16.5 Å². The molecule has 1 aliphatic rings. The standard InChI is InChI=1S/C20H20Cl2N2O4S/c1-4-11(2)18-19(25)23-16-10-13(29(3,27)28)6-8-17(16)24(18)20(26)14-7-5-12(21)9-15(14)22/h5-11,18H,4H2,1-3H3,(H,23,25)/t11?,18-/m0/s1. The molecule has 9 heteroatoms. The smallest absolute Gasteiger partial charge is 0.260 e. The van der Waals surface area contributed by atoms with Crippen molar-refractivity contribution in [3.63, 3.8) is 0 Å². The molecule has 0 radical (unpaired) electrons. The maximum absolute atomic E-state index is 13.5. The van der Waals surface area contributed by atoms with Gasteiger partial charge < -0.3 is 5.32 Å². The molecule has 0 saturated carbocycles. The Bertz CT molecular complexity index is 1100. The van der Waals surface area contributed by atoms with Crippen molar-refractivity contribution < 1.29 is 18.0 Å². The highest BCUT2D eigenvalue weighted by Crippen LogP contribution is 2.38. The summed E-state index contributed by atoms with van der Waals surface area (Å²) in [4.78, 5) is 27.8. The Morgan fingerprint density at radius 3 is 2.48 bits per heavy atom. The fraction of sp³-hybridized carbons (Fsp3) is 0.300. The predicted molar refractivity (Wildman–Crippen MR) is 115 cm³/mol. The molecule has 1 aliphatic heterocycles. The summed E-state index contributed by atoms with van der Waals surface area (Å²) in [5.41, 5.74) is 0.881. The van der Waals surface area contributed by atoms with Crippen LogP contribution in [0.2, 0.25) is 10.0 Å². The van der Waals surface area contributed by atoms with Gasteiger partial charge in [-0.25, -0.2) is 8.42 Å². The lowest BCUT2D eigenvalue weighted by atomic mass is 9.93. The minimum absolute atomic E-state index is 0.0514. The van der Waals surface area contributed by atoms with E-state index in [0.29, 0.717) is 17.1 Å². The fourth-order valence-corrected chi connectivity index (χ4v) is 4.43. The molecule has 0 saturated heterocycles. The maximum atomic E-state index is 13.5. The monoisotopic (exact) mass is 454 g/mol. The molecule has 0 fully saturated rings. The number of halogens is 2. The fourth-order valence-electron chi connectivity index (χ4n) is 3.29. The SMILES string of the molecule is CCC(C)[C@H]1C(=O)Nc2cc(S(C)(=O)=O)ccc2N1C(=O)c1ccc(Cl)cc1Cl. The number of anilines is 2. The Morgan fingerprint density at radius 2 is 1.90 bits per heavy atom. The number of hydrogen-bond donors (Lipinski definition) is 1. The van der Waals surface area contributed by atoms with Crippen molar-refractivity contribution in [3.8, 4) is 0 Å². The highest BCUT2D eigenvalue weighted by molar-refractivity contribution is 7.90. The highest BCUT2D eigenvalue weighted by atomic mass is 35.5. The van der Waals surface area contributed by atoms with Crippen LogP contribution in [-0.2, 0) is 14.6 Å². The van der Waals surface area contributed by atoms with Crippen LogP contribution >= 0.6 is 23.2 Å². The van der Waals surface area contributed by atoms with Gasteiger partial charge in [-0.15, -0.1) is 0 Å². The zero-order valence-corrected chi connectivity index (χ0v) is 18.4. The zero-order valence-electron chi connectivity index (χ0n) is 16.1. The number of carbonyl (C=O) groups excluding carboxylic acids is 2. The van der Waals surface area contributed by atoms with Crippen LogP contribution in [0.4, 0.5) is 11.4 Å². The van der Waals surface area contributed by atoms with Gasteiger partial charge in [0.15, 0.2) is 9.84 Å². The van der Waals surface area contributed by atoms with Gasteiger partial charge >= 0.3 is 0 Å². The molecule has 6 nitrogen and oxygen atoms in total. The van der Waals surface area contributed by atoms with Crippen LogP contribution in [0, 0.1) is 5.92 Å². The largest absolute Gasteiger partial charge is 0.322 e. The van der Waals surface area contributed by atoms with Crippen LogP contribution in [0.25, 0.3) is 0 Å². The van der Waals surface area contributed by atoms with Crippen LogP contribution < -0.4 is 10.2 Å². The second-order valence-electron chi connectivity index (χ2n) is 7.07. The van der Waals surface area contributed by atoms with E-state index in [9.17, 15) is 18.0 Å². The Balaban J connectivity index is 2.19. The summed E-state index contributed by atoms with van der Waals surface area (Å²) in [6.07, 6.45) is 1.74. The number of carbonyl (C=O) groups is 2. The summed E-state index contributed by atoms with van der Waals surface area (Å²) in [5, 5.41) is 3.31. The third kappa shape index (κ3) is 4.13. The third-order valence-electron chi connectivity index (χ3n) is 5.02. The molecule has 1 N–H and O–H groups in total. The van der Waals surface area contributed by atoms with E-state index in [-0.39, 0.29) is 33.0 Å². The average molecular weight is 455 g/mol. The summed E-state index contributed by atoms with van der Waals surface area (Å²) in [5.74, 6) is -0.983. The van der Waals surface area contributed by atoms with Crippen molar-refractivity contribution in [3.05, 3.63) is 52.0 Å². The zero-order chi connectivity index (χ0) is 21.5. The normalized spacial score (nSPS) is 17.5. The lowest BCUT2D eigenvalue weighted by Crippen LogP contribution is -2.54. The molecule has 1 unspecified atom stereocenters. The summed E-state index contributed by atoms with van der Waals surface area (Å²) >= 11 is 12.2. The number of sulfone groups is 1. The van der Waals surface area contributed by atoms with E-state index >= 15 is 0 Å². The first kappa shape index (κ1) is 21.6. The molecule has 2 aromatic carbocycles. The first-order valence-corrected chi connectivity index (χ1v) is 11.6. The molecule has 0 spiro atoms. The molecule has 0 bridgehead atoms. The first-order valence-electron chi connectivity index (χ1n) is 8.98. The number of rotatable bonds is 4. The molecular weight excluding hydrogens is 435 g/mol. The number of benzene rings is 2. The van der Waals surface area contributed by atoms with E-state index in [1.807, 2.05) is 13.8 Å². The van der Waals surface area contributed by atoms with E-state index < -0.39 is 21.8 Å². The number of fused-ring (bicyclic) bond motifs is 1. The molecule has 3 rings (SSSR count). The van der Waals surface area contributed by atoms with Crippen molar-refractivity contribution in [2.24, 2.45) is 5.92 Å². The number of nitrogens with zero attached hydrogens (tertiary/aromatic N) is 1. The molecule has 29 heavy (non-hydrogen) atoms. The highest BCUT2D eigenvalue weighted by Gasteiger charge is 2.40. The molecule has 2 atom stereocenters. The number of hydrogen-bond acceptors (Lipinski definition) is 4. The second kappa shape index (κ2) is 7.97. The second-order valence-corrected chi connectivity index (χ2v) is 9.93. The Morgan fingerprint density at radius 1 is 1.21 bits per heavy atom. The van der Waals surface area contributed by atoms with Gasteiger partial charge in [-0.3, -0.25) is 14.5 Å². The van der Waals surface area contributed by atoms with Gasteiger partial charge in [-0.05, 0) is 42.3 Å². The van der Waals surface area contributed by atoms with E-state index in [1.165, 1.54) is 35.2 Å². The lowest BCUT2D eigenvalue weighted by Gasteiger charge is -2.39. The van der Waals surface area contributed by atoms with Crippen molar-refractivity contribution in [1.82, 2.24) is 0 Å². The maximum Gasteiger partial charge on any atom is 0.260 e. The van der Waals surface area contributed by atoms with Crippen molar-refractivity contribution >= 4 is 56.2 Å². The van der Waals surface area contributed by atoms with Gasteiger partial charge in [-0.2, -0.15) is 0 Å². The topological polar surface area (TPSA) is 83.6 Å². The molecular formula is C20H20Cl2N2O4S. The van der Waals surface area contributed by atoms with Gasteiger partial charge in [0.05, 0.1) is 26.9 Å². The lowest BCUT2D eigenvalue weighted by molar-refractivity contribution is -0.118. The average Bonchev–Trinajstić information content (AvgIpc) is 2.64. The molecule has 2 amide bonds. The molecule has 2 aromatic rings. The summed E-state index contributed by atoms with van der Waals surface area (Å²) in [7, 11) is -3.48. The van der Waals surface area contributed by atoms with Gasteiger partial charge in [0.1, 0.15) is 6.04 Å². The van der Waals surface area contributed by atoms with Crippen LogP contribution in [-0.4, -0.2) is 32.5 Å². The summed E-state index contributed by atoms with van der Waals surface area (Å²) in [6, 6.07) is 8.07. The van der Waals surface area contributed by atoms with Gasteiger partial charge in [0.2, 0.25) is 5.91 Å². The van der Waals surface area contributed by atoms with E-state index in [0.717, 1.165) is 6.26 Å². The third-order valence-corrected chi connectivity index (χ3v) is 6.68. The van der Waals surface area contributed by atoms with Gasteiger partial charge in [-0.1, -0.05) is 43.5 Å². The Kier molecular flexibility index (Phi) is 5.94. The van der Waals surface area contributed by atoms with Gasteiger partial charge in [0, 0.05) is 11.3 Å². The van der Waals surface area contributed by atoms with Crippen LogP contribution in [0.1, 0.15) is 30.6 Å². The van der Waals surface area contributed by atoms with E-state index in [4.69, 9.17) is 23.2 Å². The van der Waals surface area contributed by atoms with Crippen molar-refractivity contribution in [1.29, 1.82) is 0 Å². The van der Waals surface area contributed by atoms with Crippen LogP contribution in [0.3, 0.4) is 0 Å². The van der Waals surface area contributed by atoms with Gasteiger partial charge in [0.25, 0.3) is 5.91 Å². The van der Waals surface area contributed by atoms with Crippen molar-refractivity contribution in [2.45, 2.75) is 31.2 Å². The summed E-state index contributed by atoms with van der Waals surface area (Å²) < 4.78 is 23.8. The number of nitrogens with one attached hydrogen (secondary N) is 1. The summed E-state index contributed by atoms with van der Waals surface area (Å²) in [6.45, 7) is 3.81. The minimum Gasteiger partial charge on any atom is -0.322 e. The molecule has 1 heterocycles. The molecule has 154 valence electrons. The quantitative estimate of drug-likeness (QED) is 0.741. The predicted octanol–water partition coefficient (Wildman–Crippen LogP) is 4.41. The molecule has 0 aromatic heterocycles. The van der Waals surface area contributed by atoms with E-state index in [1.54, 1.807) is 6.07 Å². The Hall–Kier alpha value is -2.09. The molecule has 0 aliphatic carbocycles. The Labute approximate surface area is 179 Å². The minimum atomic E-state index is -3.48. The van der Waals surface area contributed by atoms with Crippen LogP contribution in [0.15, 0.2) is 41.3 Å².